The van der Waals surface area contributed by atoms with Crippen LogP contribution < -0.4 is 5.32 Å². The largest absolute Gasteiger partial charge is 0.369 e. The van der Waals surface area contributed by atoms with Crippen LogP contribution in [0.4, 0.5) is 0 Å². The predicted molar refractivity (Wildman–Crippen MR) is 116 cm³/mol. The number of aromatic nitrogens is 2. The number of ether oxygens (including phenoxy) is 1. The number of amides is 3. The average Bonchev–Trinajstić information content (AvgIpc) is 3.09. The van der Waals surface area contributed by atoms with Gasteiger partial charge in [0.1, 0.15) is 5.60 Å². The zero-order valence-corrected chi connectivity index (χ0v) is 19.4. The van der Waals surface area contributed by atoms with Crippen molar-refractivity contribution in [1.29, 1.82) is 0 Å². The molecule has 3 amide bonds. The molecule has 0 radical (unpaired) electrons. The fourth-order valence-electron chi connectivity index (χ4n) is 4.42. The topological polar surface area (TPSA) is 96.8 Å². The van der Waals surface area contributed by atoms with Gasteiger partial charge in [0.2, 0.25) is 5.91 Å². The van der Waals surface area contributed by atoms with Crippen LogP contribution in [0.25, 0.3) is 0 Å². The second-order valence-electron chi connectivity index (χ2n) is 9.02. The maximum absolute atomic E-state index is 12.9. The normalized spacial score (nSPS) is 21.4. The number of nitrogens with zero attached hydrogens (tertiary/aromatic N) is 4. The standard InChI is InChI=1S/C22H35N5O4/c1-22(2,31-5)21(30)27-12-6-8-18(28)25(3)15-9-10-17-16(14-15)19(24-26(17)4)20(29)23-11-7-13-27/h15H,6-14H2,1-5H3,(H,23,29). The van der Waals surface area contributed by atoms with Crippen LogP contribution in [0.2, 0.25) is 0 Å². The molecule has 1 N–H and O–H groups in total. The van der Waals surface area contributed by atoms with Crippen LogP contribution in [-0.2, 0) is 34.2 Å². The van der Waals surface area contributed by atoms with Crippen LogP contribution in [0.15, 0.2) is 0 Å². The molecule has 31 heavy (non-hydrogen) atoms. The molecule has 1 aromatic rings. The number of carbonyl (C=O) groups is 3. The molecule has 0 aromatic carbocycles. The molecule has 9 heteroatoms. The summed E-state index contributed by atoms with van der Waals surface area (Å²) in [5.74, 6) is -0.244. The van der Waals surface area contributed by atoms with E-state index in [0.717, 1.165) is 24.1 Å². The third kappa shape index (κ3) is 4.92. The lowest BCUT2D eigenvalue weighted by Crippen LogP contribution is -2.47. The van der Waals surface area contributed by atoms with Crippen LogP contribution in [-0.4, -0.2) is 82.7 Å². The van der Waals surface area contributed by atoms with Gasteiger partial charge in [0, 0.05) is 64.6 Å². The molecule has 0 fully saturated rings. The highest BCUT2D eigenvalue weighted by atomic mass is 16.5. The lowest BCUT2D eigenvalue weighted by atomic mass is 9.90. The number of likely N-dealkylation sites (N-methyl/N-ethyl adjacent to an activating group) is 1. The highest BCUT2D eigenvalue weighted by molar-refractivity contribution is 5.94. The molecule has 1 atom stereocenters. The Morgan fingerprint density at radius 3 is 2.58 bits per heavy atom. The number of carbonyl (C=O) groups excluding carboxylic acids is 3. The smallest absolute Gasteiger partial charge is 0.272 e. The summed E-state index contributed by atoms with van der Waals surface area (Å²) in [6.45, 7) is 4.90. The van der Waals surface area contributed by atoms with Crippen LogP contribution in [0, 0.1) is 0 Å². The van der Waals surface area contributed by atoms with E-state index in [4.69, 9.17) is 4.74 Å². The number of hydrogen-bond donors (Lipinski definition) is 1. The molecule has 1 aromatic heterocycles. The van der Waals surface area contributed by atoms with Crippen molar-refractivity contribution in [1.82, 2.24) is 24.9 Å². The summed E-state index contributed by atoms with van der Waals surface area (Å²) in [6, 6.07) is 0.0473. The summed E-state index contributed by atoms with van der Waals surface area (Å²) < 4.78 is 7.15. The highest BCUT2D eigenvalue weighted by Gasteiger charge is 2.33. The predicted octanol–water partition coefficient (Wildman–Crippen LogP) is 0.903. The maximum Gasteiger partial charge on any atom is 0.272 e. The number of fused-ring (bicyclic) bond motifs is 1. The van der Waals surface area contributed by atoms with Gasteiger partial charge in [-0.2, -0.15) is 5.10 Å². The minimum atomic E-state index is -0.934. The van der Waals surface area contributed by atoms with Gasteiger partial charge < -0.3 is 19.9 Å². The molecule has 0 spiro atoms. The molecule has 9 nitrogen and oxygen atoms in total. The van der Waals surface area contributed by atoms with Crippen molar-refractivity contribution in [2.24, 2.45) is 7.05 Å². The molecule has 2 heterocycles. The number of aryl methyl sites for hydroxylation is 1. The minimum Gasteiger partial charge on any atom is -0.369 e. The quantitative estimate of drug-likeness (QED) is 0.748. The van der Waals surface area contributed by atoms with Gasteiger partial charge in [0.05, 0.1) is 0 Å². The molecule has 3 rings (SSSR count). The van der Waals surface area contributed by atoms with E-state index in [1.165, 1.54) is 7.11 Å². The second-order valence-corrected chi connectivity index (χ2v) is 9.02. The fourth-order valence-corrected chi connectivity index (χ4v) is 4.42. The van der Waals surface area contributed by atoms with E-state index in [0.29, 0.717) is 51.0 Å². The molecular formula is C22H35N5O4. The summed E-state index contributed by atoms with van der Waals surface area (Å²) in [5.41, 5.74) is 1.54. The molecule has 0 saturated heterocycles. The lowest BCUT2D eigenvalue weighted by molar-refractivity contribution is -0.151. The molecule has 1 unspecified atom stereocenters. The molecule has 0 saturated carbocycles. The number of rotatable bonds is 2. The van der Waals surface area contributed by atoms with Crippen molar-refractivity contribution >= 4 is 17.7 Å². The first-order valence-corrected chi connectivity index (χ1v) is 11.1. The van der Waals surface area contributed by atoms with E-state index < -0.39 is 5.60 Å². The van der Waals surface area contributed by atoms with Crippen LogP contribution in [0.5, 0.6) is 0 Å². The molecule has 2 aliphatic rings. The fraction of sp³-hybridized carbons (Fsp3) is 0.727. The first-order chi connectivity index (χ1) is 14.7. The Labute approximate surface area is 184 Å². The van der Waals surface area contributed by atoms with Crippen molar-refractivity contribution in [3.63, 3.8) is 0 Å². The highest BCUT2D eigenvalue weighted by Crippen LogP contribution is 2.27. The van der Waals surface area contributed by atoms with E-state index in [9.17, 15) is 14.4 Å². The van der Waals surface area contributed by atoms with Crippen molar-refractivity contribution in [3.8, 4) is 0 Å². The van der Waals surface area contributed by atoms with Crippen molar-refractivity contribution < 1.29 is 19.1 Å². The summed E-state index contributed by atoms with van der Waals surface area (Å²) in [7, 11) is 5.22. The summed E-state index contributed by atoms with van der Waals surface area (Å²) in [5, 5.41) is 7.42. The maximum atomic E-state index is 12.9. The van der Waals surface area contributed by atoms with E-state index >= 15 is 0 Å². The van der Waals surface area contributed by atoms with Gasteiger partial charge in [-0.05, 0) is 46.0 Å². The lowest BCUT2D eigenvalue weighted by Gasteiger charge is -2.32. The van der Waals surface area contributed by atoms with Gasteiger partial charge in [-0.3, -0.25) is 19.1 Å². The molecule has 1 aliphatic heterocycles. The van der Waals surface area contributed by atoms with E-state index in [1.54, 1.807) is 23.4 Å². The van der Waals surface area contributed by atoms with Gasteiger partial charge in [0.15, 0.2) is 5.69 Å². The Morgan fingerprint density at radius 1 is 1.16 bits per heavy atom. The van der Waals surface area contributed by atoms with Crippen LogP contribution >= 0.6 is 0 Å². The summed E-state index contributed by atoms with van der Waals surface area (Å²) in [6.07, 6.45) is 3.88. The Kier molecular flexibility index (Phi) is 7.03. The molecule has 1 aliphatic carbocycles. The van der Waals surface area contributed by atoms with Gasteiger partial charge in [-0.15, -0.1) is 0 Å². The Balaban J connectivity index is 1.82. The van der Waals surface area contributed by atoms with E-state index in [-0.39, 0.29) is 23.8 Å². The molecular weight excluding hydrogens is 398 g/mol. The van der Waals surface area contributed by atoms with Crippen molar-refractivity contribution in [3.05, 3.63) is 17.0 Å². The number of hydrogen-bond acceptors (Lipinski definition) is 5. The van der Waals surface area contributed by atoms with E-state index in [2.05, 4.69) is 10.4 Å². The Hall–Kier alpha value is -2.42. The SMILES string of the molecule is COC(C)(C)C(=O)N1CCCNC(=O)c2nn(C)c3c2CC(CC3)N(C)C(=O)CCC1. The van der Waals surface area contributed by atoms with Gasteiger partial charge >= 0.3 is 0 Å². The van der Waals surface area contributed by atoms with Gasteiger partial charge in [-0.1, -0.05) is 0 Å². The van der Waals surface area contributed by atoms with Gasteiger partial charge in [0.25, 0.3) is 11.8 Å². The zero-order chi connectivity index (χ0) is 22.8. The first-order valence-electron chi connectivity index (χ1n) is 11.1. The summed E-state index contributed by atoms with van der Waals surface area (Å²) in [4.78, 5) is 42.2. The Bertz CT molecular complexity index is 847. The third-order valence-electron chi connectivity index (χ3n) is 6.61. The molecule has 2 bridgehead atoms. The number of nitrogens with one attached hydrogen (secondary N) is 1. The van der Waals surface area contributed by atoms with Crippen LogP contribution in [0.1, 0.15) is 61.3 Å². The minimum absolute atomic E-state index is 0.0473. The third-order valence-corrected chi connectivity index (χ3v) is 6.61. The Morgan fingerprint density at radius 2 is 1.87 bits per heavy atom. The second kappa shape index (κ2) is 9.38. The van der Waals surface area contributed by atoms with Crippen molar-refractivity contribution in [2.45, 2.75) is 64.0 Å². The van der Waals surface area contributed by atoms with Crippen molar-refractivity contribution in [2.75, 3.05) is 33.8 Å². The summed E-state index contributed by atoms with van der Waals surface area (Å²) >= 11 is 0. The van der Waals surface area contributed by atoms with Crippen LogP contribution in [0.3, 0.4) is 0 Å². The van der Waals surface area contributed by atoms with Gasteiger partial charge in [-0.25, -0.2) is 0 Å². The zero-order valence-electron chi connectivity index (χ0n) is 19.4. The first kappa shape index (κ1) is 23.2. The monoisotopic (exact) mass is 433 g/mol. The average molecular weight is 434 g/mol. The van der Waals surface area contributed by atoms with E-state index in [1.807, 2.05) is 19.0 Å². The molecule has 172 valence electrons. The number of methoxy groups -OCH3 is 1.